The van der Waals surface area contributed by atoms with Crippen LogP contribution in [0.25, 0.3) is 0 Å². The highest BCUT2D eigenvalue weighted by Gasteiger charge is 2.34. The van der Waals surface area contributed by atoms with Gasteiger partial charge < -0.3 is 55.5 Å². The van der Waals surface area contributed by atoms with E-state index in [0.717, 1.165) is 0 Å². The Morgan fingerprint density at radius 2 is 1.76 bits per heavy atom. The molecule has 50 heavy (non-hydrogen) atoms. The summed E-state index contributed by atoms with van der Waals surface area (Å²) < 4.78 is 21.5. The molecule has 0 bridgehead atoms. The van der Waals surface area contributed by atoms with Gasteiger partial charge in [0, 0.05) is 26.3 Å². The molecule has 0 radical (unpaired) electrons. The normalized spacial score (nSPS) is 18.0. The number of nitrogens with one attached hydrogen (secondary N) is 4. The lowest BCUT2D eigenvalue weighted by atomic mass is 10.0. The van der Waals surface area contributed by atoms with Crippen molar-refractivity contribution in [3.05, 3.63) is 29.3 Å². The van der Waals surface area contributed by atoms with Crippen LogP contribution in [0, 0.1) is 0 Å². The van der Waals surface area contributed by atoms with Crippen molar-refractivity contribution in [2.24, 2.45) is 0 Å². The zero-order valence-corrected chi connectivity index (χ0v) is 29.1. The van der Waals surface area contributed by atoms with Gasteiger partial charge in [0.05, 0.1) is 36.5 Å². The summed E-state index contributed by atoms with van der Waals surface area (Å²) in [5.41, 5.74) is -0.517. The van der Waals surface area contributed by atoms with Gasteiger partial charge in [-0.15, -0.1) is 0 Å². The first kappa shape index (κ1) is 41.8. The van der Waals surface area contributed by atoms with Crippen LogP contribution < -0.4 is 26.0 Å². The Morgan fingerprint density at radius 1 is 1.04 bits per heavy atom. The summed E-state index contributed by atoms with van der Waals surface area (Å²) in [7, 11) is 0. The number of carbonyl (C=O) groups excluding carboxylic acids is 5. The monoisotopic (exact) mass is 710 g/mol. The minimum absolute atomic E-state index is 0.0125. The molecule has 1 saturated heterocycles. The Labute approximate surface area is 290 Å². The van der Waals surface area contributed by atoms with Gasteiger partial charge in [-0.1, -0.05) is 6.07 Å². The summed E-state index contributed by atoms with van der Waals surface area (Å²) in [5, 5.41) is 39.4. The standard InChI is InChI=1S/C33H50N4O13/c1-19(2)47-17-28(42)36-24(31(44)37-33(4,5)18-38)8-6-7-11-34-27(41)15-35-30(43)23-12-21(16-48-20(3)39)9-10-25(23)49-29-14-22(40)13-26(50-29)32(45)46/h9-10,12,19,22,24,26,29,38,40H,6-8,11,13-18H2,1-5H3,(H,34,41)(H,35,43)(H,36,42)(H,37,44)(H,45,46)/t22-,24-,26-,29+/m0/s1. The van der Waals surface area contributed by atoms with E-state index in [1.807, 2.05) is 0 Å². The zero-order chi connectivity index (χ0) is 37.4. The second kappa shape index (κ2) is 20.4. The summed E-state index contributed by atoms with van der Waals surface area (Å²) in [5.74, 6) is -4.00. The van der Waals surface area contributed by atoms with Crippen molar-refractivity contribution in [1.29, 1.82) is 0 Å². The van der Waals surface area contributed by atoms with Crippen LogP contribution in [-0.2, 0) is 44.8 Å². The fraction of sp³-hybridized carbons (Fsp3) is 0.636. The highest BCUT2D eigenvalue weighted by Crippen LogP contribution is 2.27. The molecule has 7 N–H and O–H groups in total. The second-order valence-corrected chi connectivity index (χ2v) is 12.8. The first-order valence-electron chi connectivity index (χ1n) is 16.4. The largest absolute Gasteiger partial charge is 0.479 e. The topological polar surface area (TPSA) is 248 Å². The Kier molecular flexibility index (Phi) is 17.1. The van der Waals surface area contributed by atoms with E-state index in [1.54, 1.807) is 27.7 Å². The Balaban J connectivity index is 1.96. The molecule has 1 aliphatic heterocycles. The molecule has 1 heterocycles. The van der Waals surface area contributed by atoms with Crippen LogP contribution in [0.4, 0.5) is 0 Å². The van der Waals surface area contributed by atoms with Gasteiger partial charge in [0.1, 0.15) is 25.0 Å². The summed E-state index contributed by atoms with van der Waals surface area (Å²) in [4.78, 5) is 73.6. The molecule has 1 aliphatic rings. The van der Waals surface area contributed by atoms with Crippen LogP contribution in [0.5, 0.6) is 5.75 Å². The number of benzene rings is 1. The molecule has 17 nitrogen and oxygen atoms in total. The molecule has 4 amide bonds. The molecule has 4 atom stereocenters. The molecule has 280 valence electrons. The lowest BCUT2D eigenvalue weighted by Gasteiger charge is -2.31. The lowest BCUT2D eigenvalue weighted by Crippen LogP contribution is -2.55. The molecule has 2 rings (SSSR count). The van der Waals surface area contributed by atoms with Crippen LogP contribution in [0.15, 0.2) is 18.2 Å². The summed E-state index contributed by atoms with van der Waals surface area (Å²) in [6.45, 7) is 7.17. The number of aliphatic carboxylic acids is 1. The highest BCUT2D eigenvalue weighted by atomic mass is 16.7. The van der Waals surface area contributed by atoms with Crippen molar-refractivity contribution in [2.75, 3.05) is 26.3 Å². The number of carboxylic acid groups (broad SMARTS) is 1. The van der Waals surface area contributed by atoms with E-state index in [2.05, 4.69) is 21.3 Å². The SMILES string of the molecule is CC(=O)OCc1ccc(O[C@H]2C[C@@H](O)C[C@@H](C(=O)O)O2)c(C(=O)NCC(=O)NCCCC[C@H](NC(=O)COC(C)C)C(=O)NC(C)(C)CO)c1. The van der Waals surface area contributed by atoms with Crippen LogP contribution in [-0.4, -0.2) is 113 Å². The molecule has 17 heteroatoms. The number of rotatable bonds is 20. The second-order valence-electron chi connectivity index (χ2n) is 12.8. The Hall–Kier alpha value is -4.32. The maximum absolute atomic E-state index is 13.2. The predicted molar refractivity (Wildman–Crippen MR) is 176 cm³/mol. The van der Waals surface area contributed by atoms with Gasteiger partial charge >= 0.3 is 11.9 Å². The first-order chi connectivity index (χ1) is 23.5. The quantitative estimate of drug-likeness (QED) is 0.0691. The smallest absolute Gasteiger partial charge is 0.333 e. The maximum Gasteiger partial charge on any atom is 0.333 e. The number of amides is 4. The van der Waals surface area contributed by atoms with E-state index in [9.17, 15) is 44.1 Å². The lowest BCUT2D eigenvalue weighted by molar-refractivity contribution is -0.195. The number of hydrogen-bond donors (Lipinski definition) is 7. The minimum atomic E-state index is -1.31. The molecule has 0 unspecified atom stereocenters. The van der Waals surface area contributed by atoms with Crippen LogP contribution in [0.2, 0.25) is 0 Å². The molecular weight excluding hydrogens is 660 g/mol. The van der Waals surface area contributed by atoms with Gasteiger partial charge in [0.15, 0.2) is 6.10 Å². The Morgan fingerprint density at radius 3 is 2.40 bits per heavy atom. The van der Waals surface area contributed by atoms with Gasteiger partial charge in [-0.2, -0.15) is 0 Å². The van der Waals surface area contributed by atoms with E-state index >= 15 is 0 Å². The van der Waals surface area contributed by atoms with Crippen molar-refractivity contribution in [1.82, 2.24) is 21.3 Å². The molecule has 0 aliphatic carbocycles. The summed E-state index contributed by atoms with van der Waals surface area (Å²) in [6.07, 6.45) is -2.73. The van der Waals surface area contributed by atoms with Crippen molar-refractivity contribution >= 4 is 35.6 Å². The van der Waals surface area contributed by atoms with E-state index in [-0.39, 0.29) is 63.0 Å². The average Bonchev–Trinajstić information content (AvgIpc) is 3.04. The van der Waals surface area contributed by atoms with Crippen molar-refractivity contribution in [2.45, 2.75) is 110 Å². The summed E-state index contributed by atoms with van der Waals surface area (Å²) in [6, 6.07) is 3.43. The van der Waals surface area contributed by atoms with Crippen LogP contribution in [0.3, 0.4) is 0 Å². The minimum Gasteiger partial charge on any atom is -0.479 e. The van der Waals surface area contributed by atoms with E-state index in [4.69, 9.17) is 18.9 Å². The van der Waals surface area contributed by atoms with Gasteiger partial charge in [0.25, 0.3) is 5.91 Å². The number of carboxylic acids is 1. The van der Waals surface area contributed by atoms with Gasteiger partial charge in [-0.3, -0.25) is 24.0 Å². The molecular formula is C33H50N4O13. The molecule has 0 aromatic heterocycles. The highest BCUT2D eigenvalue weighted by molar-refractivity contribution is 5.99. The fourth-order valence-corrected chi connectivity index (χ4v) is 4.60. The molecule has 0 spiro atoms. The molecule has 1 aromatic carbocycles. The van der Waals surface area contributed by atoms with Crippen LogP contribution >= 0.6 is 0 Å². The average molecular weight is 711 g/mol. The number of unbranched alkanes of at least 4 members (excludes halogenated alkanes) is 1. The van der Waals surface area contributed by atoms with Crippen molar-refractivity contribution < 1.29 is 63.0 Å². The van der Waals surface area contributed by atoms with Crippen molar-refractivity contribution in [3.63, 3.8) is 0 Å². The molecule has 1 fully saturated rings. The van der Waals surface area contributed by atoms with Crippen LogP contribution in [0.1, 0.15) is 82.6 Å². The number of esters is 1. The van der Waals surface area contributed by atoms with E-state index in [1.165, 1.54) is 25.1 Å². The maximum atomic E-state index is 13.2. The number of aliphatic hydroxyl groups is 2. The van der Waals surface area contributed by atoms with E-state index < -0.39 is 72.2 Å². The van der Waals surface area contributed by atoms with Gasteiger partial charge in [0.2, 0.25) is 24.0 Å². The third kappa shape index (κ3) is 15.5. The predicted octanol–water partition coefficient (Wildman–Crippen LogP) is -0.108. The number of aliphatic hydroxyl groups excluding tert-OH is 2. The first-order valence-corrected chi connectivity index (χ1v) is 16.4. The third-order valence-electron chi connectivity index (χ3n) is 7.24. The fourth-order valence-electron chi connectivity index (χ4n) is 4.60. The molecule has 0 saturated carbocycles. The Bertz CT molecular complexity index is 1340. The number of hydrogen-bond acceptors (Lipinski definition) is 12. The zero-order valence-electron chi connectivity index (χ0n) is 29.1. The van der Waals surface area contributed by atoms with E-state index in [0.29, 0.717) is 18.4 Å². The van der Waals surface area contributed by atoms with Gasteiger partial charge in [-0.05, 0) is 64.7 Å². The number of carbonyl (C=O) groups is 6. The summed E-state index contributed by atoms with van der Waals surface area (Å²) >= 11 is 0. The van der Waals surface area contributed by atoms with Crippen molar-refractivity contribution in [3.8, 4) is 5.75 Å². The van der Waals surface area contributed by atoms with Gasteiger partial charge in [-0.25, -0.2) is 4.79 Å². The number of ether oxygens (including phenoxy) is 4. The molecule has 1 aromatic rings. The third-order valence-corrected chi connectivity index (χ3v) is 7.24.